The van der Waals surface area contributed by atoms with Gasteiger partial charge in [-0.25, -0.2) is 9.37 Å². The summed E-state index contributed by atoms with van der Waals surface area (Å²) in [6.07, 6.45) is -1.35. The molecule has 2 heterocycles. The molecule has 5 nitrogen and oxygen atoms in total. The molecule has 3 aromatic rings. The lowest BCUT2D eigenvalue weighted by molar-refractivity contribution is -0.274. The third-order valence-corrected chi connectivity index (χ3v) is 4.35. The highest BCUT2D eigenvalue weighted by Gasteiger charge is 2.31. The maximum Gasteiger partial charge on any atom is 0.573 e. The summed E-state index contributed by atoms with van der Waals surface area (Å²) in [7, 11) is 0. The van der Waals surface area contributed by atoms with Crippen LogP contribution < -0.4 is 10.1 Å². The van der Waals surface area contributed by atoms with Crippen molar-refractivity contribution in [3.8, 4) is 17.0 Å². The number of alkyl halides is 3. The van der Waals surface area contributed by atoms with Gasteiger partial charge in [0.05, 0.1) is 5.69 Å². The number of imidazole rings is 1. The predicted molar refractivity (Wildman–Crippen MR) is 93.2 cm³/mol. The number of rotatable bonds is 5. The minimum atomic E-state index is -4.84. The van der Waals surface area contributed by atoms with Crippen molar-refractivity contribution in [2.24, 2.45) is 5.92 Å². The zero-order chi connectivity index (χ0) is 19.9. The third kappa shape index (κ3) is 4.08. The van der Waals surface area contributed by atoms with Crippen LogP contribution in [0.4, 0.5) is 23.4 Å². The van der Waals surface area contributed by atoms with Gasteiger partial charge in [0.1, 0.15) is 17.2 Å². The van der Waals surface area contributed by atoms with Crippen LogP contribution in [0.5, 0.6) is 5.75 Å². The topological polar surface area (TPSA) is 55.6 Å². The van der Waals surface area contributed by atoms with E-state index in [1.165, 1.54) is 34.7 Å². The maximum absolute atomic E-state index is 13.8. The second-order valence-electron chi connectivity index (χ2n) is 6.66. The van der Waals surface area contributed by atoms with Gasteiger partial charge >= 0.3 is 6.36 Å². The van der Waals surface area contributed by atoms with Crippen molar-refractivity contribution in [1.29, 1.82) is 0 Å². The Morgan fingerprint density at radius 3 is 2.75 bits per heavy atom. The summed E-state index contributed by atoms with van der Waals surface area (Å²) in [6.45, 7) is 0. The molecule has 0 unspecified atom stereocenters. The van der Waals surface area contributed by atoms with Crippen LogP contribution in [0.1, 0.15) is 19.3 Å². The number of hydrogen-bond acceptors (Lipinski definition) is 3. The van der Waals surface area contributed by atoms with E-state index in [1.54, 1.807) is 0 Å². The lowest BCUT2D eigenvalue weighted by atomic mass is 10.1. The summed E-state index contributed by atoms with van der Waals surface area (Å²) in [4.78, 5) is 16.5. The van der Waals surface area contributed by atoms with Gasteiger partial charge in [0.2, 0.25) is 5.91 Å². The number of benzene rings is 1. The normalized spacial score (nSPS) is 14.3. The Labute approximate surface area is 156 Å². The molecule has 1 aliphatic rings. The lowest BCUT2D eigenvalue weighted by Crippen LogP contribution is -2.17. The molecule has 0 spiro atoms. The first-order valence-corrected chi connectivity index (χ1v) is 8.62. The van der Waals surface area contributed by atoms with Crippen molar-refractivity contribution < 1.29 is 27.1 Å². The molecule has 0 aliphatic heterocycles. The molecule has 4 rings (SSSR count). The molecule has 1 aliphatic carbocycles. The molecule has 0 bridgehead atoms. The number of carbonyl (C=O) groups is 1. The van der Waals surface area contributed by atoms with E-state index in [1.807, 2.05) is 0 Å². The minimum Gasteiger partial charge on any atom is -0.406 e. The minimum absolute atomic E-state index is 0.153. The van der Waals surface area contributed by atoms with Crippen molar-refractivity contribution in [1.82, 2.24) is 9.38 Å². The molecule has 1 saturated carbocycles. The Bertz CT molecular complexity index is 1040. The standard InChI is InChI=1S/C19H15F4N3O2/c20-13-6-7-15-24-18(25-16(27)8-11-4-5-11)17(26(15)10-13)12-2-1-3-14(9-12)28-19(21,22)23/h1-3,6-7,9-11H,4-5,8H2,(H,25,27). The second-order valence-corrected chi connectivity index (χ2v) is 6.66. The van der Waals surface area contributed by atoms with Gasteiger partial charge in [-0.2, -0.15) is 0 Å². The van der Waals surface area contributed by atoms with Crippen molar-refractivity contribution in [3.63, 3.8) is 0 Å². The average Bonchev–Trinajstić information content (AvgIpc) is 3.33. The Morgan fingerprint density at radius 2 is 2.04 bits per heavy atom. The van der Waals surface area contributed by atoms with Crippen LogP contribution in [0, 0.1) is 11.7 Å². The number of hydrogen-bond donors (Lipinski definition) is 1. The van der Waals surface area contributed by atoms with Crippen LogP contribution in [-0.2, 0) is 4.79 Å². The summed E-state index contributed by atoms with van der Waals surface area (Å²) in [5.41, 5.74) is 0.910. The van der Waals surface area contributed by atoms with Crippen LogP contribution in [0.2, 0.25) is 0 Å². The number of pyridine rings is 1. The average molecular weight is 393 g/mol. The Balaban J connectivity index is 1.77. The monoisotopic (exact) mass is 393 g/mol. The molecule has 0 atom stereocenters. The zero-order valence-electron chi connectivity index (χ0n) is 14.5. The number of ether oxygens (including phenoxy) is 1. The molecule has 28 heavy (non-hydrogen) atoms. The van der Waals surface area contributed by atoms with E-state index in [9.17, 15) is 22.4 Å². The van der Waals surface area contributed by atoms with Gasteiger partial charge in [0.25, 0.3) is 0 Å². The van der Waals surface area contributed by atoms with Crippen molar-refractivity contribution in [2.45, 2.75) is 25.6 Å². The van der Waals surface area contributed by atoms with Gasteiger partial charge < -0.3 is 10.1 Å². The number of carbonyl (C=O) groups excluding carboxylic acids is 1. The fraction of sp³-hybridized carbons (Fsp3) is 0.263. The molecular formula is C19H15F4N3O2. The largest absolute Gasteiger partial charge is 0.573 e. The van der Waals surface area contributed by atoms with Crippen molar-refractivity contribution >= 4 is 17.4 Å². The second kappa shape index (κ2) is 6.81. The molecule has 1 fully saturated rings. The predicted octanol–water partition coefficient (Wildman–Crippen LogP) is 4.78. The first-order valence-electron chi connectivity index (χ1n) is 8.62. The molecule has 0 saturated heterocycles. The van der Waals surface area contributed by atoms with Crippen molar-refractivity contribution in [3.05, 3.63) is 48.4 Å². The quantitative estimate of drug-likeness (QED) is 0.635. The highest BCUT2D eigenvalue weighted by Crippen LogP contribution is 2.35. The number of halogens is 4. The SMILES string of the molecule is O=C(CC1CC1)Nc1nc2ccc(F)cn2c1-c1cccc(OC(F)(F)F)c1. The van der Waals surface area contributed by atoms with Gasteiger partial charge in [0, 0.05) is 18.2 Å². The van der Waals surface area contributed by atoms with E-state index in [4.69, 9.17) is 0 Å². The molecule has 0 radical (unpaired) electrons. The highest BCUT2D eigenvalue weighted by molar-refractivity contribution is 5.94. The Hall–Kier alpha value is -3.10. The molecular weight excluding hydrogens is 378 g/mol. The zero-order valence-corrected chi connectivity index (χ0v) is 14.5. The van der Waals surface area contributed by atoms with E-state index < -0.39 is 17.9 Å². The summed E-state index contributed by atoms with van der Waals surface area (Å²) >= 11 is 0. The smallest absolute Gasteiger partial charge is 0.406 e. The van der Waals surface area contributed by atoms with E-state index in [0.717, 1.165) is 25.1 Å². The van der Waals surface area contributed by atoms with Gasteiger partial charge in [0.15, 0.2) is 5.82 Å². The number of amides is 1. The Morgan fingerprint density at radius 1 is 1.25 bits per heavy atom. The van der Waals surface area contributed by atoms with E-state index >= 15 is 0 Å². The van der Waals surface area contributed by atoms with Gasteiger partial charge in [-0.3, -0.25) is 9.20 Å². The van der Waals surface area contributed by atoms with Gasteiger partial charge in [-0.15, -0.1) is 13.2 Å². The van der Waals surface area contributed by atoms with Crippen LogP contribution in [-0.4, -0.2) is 21.7 Å². The van der Waals surface area contributed by atoms with Crippen molar-refractivity contribution in [2.75, 3.05) is 5.32 Å². The molecule has 1 N–H and O–H groups in total. The Kier molecular flexibility index (Phi) is 4.44. The maximum atomic E-state index is 13.8. The van der Waals surface area contributed by atoms with Crippen LogP contribution in [0.15, 0.2) is 42.6 Å². The lowest BCUT2D eigenvalue weighted by Gasteiger charge is -2.11. The number of nitrogens with zero attached hydrogens (tertiary/aromatic N) is 2. The first kappa shape index (κ1) is 18.3. The molecule has 1 amide bonds. The first-order chi connectivity index (χ1) is 13.3. The highest BCUT2D eigenvalue weighted by atomic mass is 19.4. The fourth-order valence-corrected chi connectivity index (χ4v) is 2.99. The van der Waals surface area contributed by atoms with Crippen LogP contribution >= 0.6 is 0 Å². The van der Waals surface area contributed by atoms with Crippen LogP contribution in [0.25, 0.3) is 16.9 Å². The van der Waals surface area contributed by atoms with Crippen LogP contribution in [0.3, 0.4) is 0 Å². The number of nitrogens with one attached hydrogen (secondary N) is 1. The summed E-state index contributed by atoms with van der Waals surface area (Å²) in [5.74, 6) is -0.714. The molecule has 2 aromatic heterocycles. The number of fused-ring (bicyclic) bond motifs is 1. The summed E-state index contributed by atoms with van der Waals surface area (Å²) < 4.78 is 56.8. The van der Waals surface area contributed by atoms with E-state index in [2.05, 4.69) is 15.0 Å². The summed E-state index contributed by atoms with van der Waals surface area (Å²) in [6, 6.07) is 7.88. The van der Waals surface area contributed by atoms with Gasteiger partial charge in [-0.05, 0) is 43.0 Å². The fourth-order valence-electron chi connectivity index (χ4n) is 2.99. The molecule has 9 heteroatoms. The third-order valence-electron chi connectivity index (χ3n) is 4.35. The van der Waals surface area contributed by atoms with E-state index in [-0.39, 0.29) is 17.4 Å². The molecule has 146 valence electrons. The number of anilines is 1. The molecule has 1 aromatic carbocycles. The van der Waals surface area contributed by atoms with Gasteiger partial charge in [-0.1, -0.05) is 12.1 Å². The van der Waals surface area contributed by atoms with E-state index in [0.29, 0.717) is 23.5 Å². The summed E-state index contributed by atoms with van der Waals surface area (Å²) in [5, 5.41) is 2.70. The number of aromatic nitrogens is 2.